The van der Waals surface area contributed by atoms with E-state index in [0.717, 1.165) is 17.0 Å². The number of amides is 1. The largest absolute Gasteiger partial charge is 0.497 e. The number of carbonyl (C=O) groups is 1. The number of rotatable bonds is 6. The number of hydrazone groups is 1. The number of carbonyl (C=O) groups excluding carboxylic acids is 1. The van der Waals surface area contributed by atoms with Gasteiger partial charge >= 0.3 is 0 Å². The maximum absolute atomic E-state index is 12.8. The minimum atomic E-state index is -0.264. The van der Waals surface area contributed by atoms with Crippen molar-refractivity contribution in [2.45, 2.75) is 17.6 Å². The van der Waals surface area contributed by atoms with E-state index in [1.807, 2.05) is 36.4 Å². The summed E-state index contributed by atoms with van der Waals surface area (Å²) in [7, 11) is 1.63. The van der Waals surface area contributed by atoms with E-state index in [-0.39, 0.29) is 17.7 Å². The molecule has 1 aliphatic rings. The van der Waals surface area contributed by atoms with Crippen LogP contribution in [-0.2, 0) is 4.79 Å². The monoisotopic (exact) mass is 383 g/mol. The Balaban J connectivity index is 1.56. The summed E-state index contributed by atoms with van der Waals surface area (Å²) in [5, 5.41) is 13.2. The summed E-state index contributed by atoms with van der Waals surface area (Å²) < 4.78 is 10.7. The standard InChI is InChI=1S/C18H17N5O3S/c1-25-13-6-4-12(5-7-13)14-9-15(16-3-2-8-26-16)23(22-14)17(24)10-27-18-19-11-20-21-18/h2-8,11,15H,9-10H2,1H3,(H,19,20,21). The van der Waals surface area contributed by atoms with E-state index < -0.39 is 0 Å². The van der Waals surface area contributed by atoms with Crippen LogP contribution in [0.2, 0.25) is 0 Å². The molecule has 1 atom stereocenters. The summed E-state index contributed by atoms with van der Waals surface area (Å²) in [6.07, 6.45) is 3.60. The lowest BCUT2D eigenvalue weighted by atomic mass is 10.0. The molecule has 9 heteroatoms. The highest BCUT2D eigenvalue weighted by atomic mass is 32.2. The number of nitrogens with one attached hydrogen (secondary N) is 1. The first-order chi connectivity index (χ1) is 13.2. The molecule has 138 valence electrons. The van der Waals surface area contributed by atoms with Crippen molar-refractivity contribution in [1.29, 1.82) is 0 Å². The van der Waals surface area contributed by atoms with Crippen molar-refractivity contribution in [1.82, 2.24) is 20.2 Å². The lowest BCUT2D eigenvalue weighted by Gasteiger charge is -2.19. The van der Waals surface area contributed by atoms with Crippen LogP contribution in [0.1, 0.15) is 23.8 Å². The van der Waals surface area contributed by atoms with Crippen LogP contribution in [0.4, 0.5) is 0 Å². The molecular formula is C18H17N5O3S. The Bertz CT molecular complexity index is 923. The molecule has 27 heavy (non-hydrogen) atoms. The Labute approximate surface area is 159 Å². The van der Waals surface area contributed by atoms with Crippen molar-refractivity contribution in [3.8, 4) is 5.75 Å². The summed E-state index contributed by atoms with van der Waals surface area (Å²) in [4.78, 5) is 16.8. The average molecular weight is 383 g/mol. The fraction of sp³-hybridized carbons (Fsp3) is 0.222. The molecule has 0 bridgehead atoms. The average Bonchev–Trinajstić information content (AvgIpc) is 3.47. The van der Waals surface area contributed by atoms with Gasteiger partial charge in [-0.05, 0) is 42.0 Å². The van der Waals surface area contributed by atoms with Crippen LogP contribution in [0, 0.1) is 0 Å². The molecule has 3 aromatic rings. The smallest absolute Gasteiger partial charge is 0.253 e. The van der Waals surface area contributed by atoms with Gasteiger partial charge in [-0.25, -0.2) is 9.99 Å². The molecule has 0 saturated heterocycles. The number of thioether (sulfide) groups is 1. The van der Waals surface area contributed by atoms with Gasteiger partial charge in [0.2, 0.25) is 0 Å². The van der Waals surface area contributed by atoms with Gasteiger partial charge in [-0.3, -0.25) is 9.89 Å². The van der Waals surface area contributed by atoms with Crippen LogP contribution >= 0.6 is 11.8 Å². The maximum atomic E-state index is 12.8. The minimum Gasteiger partial charge on any atom is -0.497 e. The Morgan fingerprint density at radius 3 is 2.89 bits per heavy atom. The van der Waals surface area contributed by atoms with Crippen molar-refractivity contribution in [3.05, 3.63) is 60.3 Å². The molecule has 2 aromatic heterocycles. The molecule has 0 aliphatic carbocycles. The zero-order valence-corrected chi connectivity index (χ0v) is 15.3. The van der Waals surface area contributed by atoms with E-state index in [1.165, 1.54) is 23.1 Å². The SMILES string of the molecule is COc1ccc(C2=NN(C(=O)CSc3ncn[nH]3)C(c3ccco3)C2)cc1. The Hall–Kier alpha value is -3.07. The molecule has 0 fully saturated rings. The number of hydrogen-bond acceptors (Lipinski definition) is 7. The number of aromatic nitrogens is 3. The summed E-state index contributed by atoms with van der Waals surface area (Å²) >= 11 is 1.29. The van der Waals surface area contributed by atoms with Gasteiger partial charge in [0.15, 0.2) is 5.16 Å². The third-order valence-electron chi connectivity index (χ3n) is 4.19. The van der Waals surface area contributed by atoms with E-state index in [0.29, 0.717) is 17.3 Å². The number of furan rings is 1. The third kappa shape index (κ3) is 3.72. The predicted octanol–water partition coefficient (Wildman–Crippen LogP) is 2.88. The second kappa shape index (κ2) is 7.67. The second-order valence-electron chi connectivity index (χ2n) is 5.83. The van der Waals surface area contributed by atoms with Gasteiger partial charge in [0.05, 0.1) is 24.8 Å². The van der Waals surface area contributed by atoms with E-state index in [4.69, 9.17) is 9.15 Å². The third-order valence-corrected chi connectivity index (χ3v) is 5.05. The first-order valence-corrected chi connectivity index (χ1v) is 9.28. The van der Waals surface area contributed by atoms with Gasteiger partial charge in [0.1, 0.15) is 23.9 Å². The minimum absolute atomic E-state index is 0.124. The van der Waals surface area contributed by atoms with Crippen LogP contribution in [-0.4, -0.2) is 44.7 Å². The highest BCUT2D eigenvalue weighted by Crippen LogP contribution is 2.34. The van der Waals surface area contributed by atoms with Crippen LogP contribution in [0.3, 0.4) is 0 Å². The van der Waals surface area contributed by atoms with Gasteiger partial charge in [-0.2, -0.15) is 10.2 Å². The molecule has 4 rings (SSSR count). The van der Waals surface area contributed by atoms with E-state index >= 15 is 0 Å². The molecule has 0 spiro atoms. The molecule has 8 nitrogen and oxygen atoms in total. The van der Waals surface area contributed by atoms with Gasteiger partial charge in [0, 0.05) is 6.42 Å². The summed E-state index contributed by atoms with van der Waals surface area (Å²) in [6, 6.07) is 11.0. The van der Waals surface area contributed by atoms with Crippen molar-refractivity contribution < 1.29 is 13.9 Å². The van der Waals surface area contributed by atoms with Crippen LogP contribution in [0.25, 0.3) is 0 Å². The lowest BCUT2D eigenvalue weighted by Crippen LogP contribution is -2.28. The fourth-order valence-corrected chi connectivity index (χ4v) is 3.49. The maximum Gasteiger partial charge on any atom is 0.253 e. The molecule has 0 radical (unpaired) electrons. The normalized spacial score (nSPS) is 16.4. The molecule has 1 amide bonds. The first-order valence-electron chi connectivity index (χ1n) is 8.30. The summed E-state index contributed by atoms with van der Waals surface area (Å²) in [5.74, 6) is 1.56. The van der Waals surface area contributed by atoms with E-state index in [9.17, 15) is 4.79 Å². The van der Waals surface area contributed by atoms with Gasteiger partial charge < -0.3 is 9.15 Å². The first kappa shape index (κ1) is 17.3. The number of benzene rings is 1. The number of H-pyrrole nitrogens is 1. The Morgan fingerprint density at radius 1 is 1.37 bits per heavy atom. The lowest BCUT2D eigenvalue weighted by molar-refractivity contribution is -0.130. The Morgan fingerprint density at radius 2 is 2.22 bits per heavy atom. The second-order valence-corrected chi connectivity index (χ2v) is 6.79. The molecular weight excluding hydrogens is 366 g/mol. The van der Waals surface area contributed by atoms with Crippen molar-refractivity contribution in [3.63, 3.8) is 0 Å². The van der Waals surface area contributed by atoms with E-state index in [1.54, 1.807) is 13.4 Å². The van der Waals surface area contributed by atoms with Crippen molar-refractivity contribution >= 4 is 23.4 Å². The van der Waals surface area contributed by atoms with Crippen LogP contribution in [0.5, 0.6) is 5.75 Å². The fourth-order valence-electron chi connectivity index (χ4n) is 2.86. The number of nitrogens with zero attached hydrogens (tertiary/aromatic N) is 4. The number of methoxy groups -OCH3 is 1. The molecule has 1 unspecified atom stereocenters. The van der Waals surface area contributed by atoms with Crippen molar-refractivity contribution in [2.75, 3.05) is 12.9 Å². The molecule has 0 saturated carbocycles. The molecule has 3 heterocycles. The molecule has 1 N–H and O–H groups in total. The van der Waals surface area contributed by atoms with Crippen LogP contribution < -0.4 is 4.74 Å². The number of hydrogen-bond donors (Lipinski definition) is 1. The molecule has 1 aliphatic heterocycles. The zero-order chi connectivity index (χ0) is 18.6. The zero-order valence-electron chi connectivity index (χ0n) is 14.5. The number of ether oxygens (including phenoxy) is 1. The topological polar surface area (TPSA) is 96.6 Å². The van der Waals surface area contributed by atoms with E-state index in [2.05, 4.69) is 20.3 Å². The van der Waals surface area contributed by atoms with Gasteiger partial charge in [-0.1, -0.05) is 11.8 Å². The predicted molar refractivity (Wildman–Crippen MR) is 99.5 cm³/mol. The Kier molecular flexibility index (Phi) is 4.93. The summed E-state index contributed by atoms with van der Waals surface area (Å²) in [6.45, 7) is 0. The van der Waals surface area contributed by atoms with Gasteiger partial charge in [0.25, 0.3) is 5.91 Å². The highest BCUT2D eigenvalue weighted by Gasteiger charge is 2.34. The van der Waals surface area contributed by atoms with Gasteiger partial charge in [-0.15, -0.1) is 0 Å². The molecule has 1 aromatic carbocycles. The highest BCUT2D eigenvalue weighted by molar-refractivity contribution is 7.99. The quantitative estimate of drug-likeness (QED) is 0.658. The van der Waals surface area contributed by atoms with Crippen LogP contribution in [0.15, 0.2) is 63.7 Å². The van der Waals surface area contributed by atoms with Crippen molar-refractivity contribution in [2.24, 2.45) is 5.10 Å². The summed E-state index contributed by atoms with van der Waals surface area (Å²) in [5.41, 5.74) is 1.78. The number of aromatic amines is 1.